The number of anilines is 1. The van der Waals surface area contributed by atoms with E-state index in [9.17, 15) is 0 Å². The summed E-state index contributed by atoms with van der Waals surface area (Å²) < 4.78 is 1.93. The number of pyridine rings is 1. The number of nitrogen functional groups attached to an aromatic ring is 1. The fourth-order valence-electron chi connectivity index (χ4n) is 2.24. The Hall–Kier alpha value is -1.84. The van der Waals surface area contributed by atoms with Crippen LogP contribution in [0.4, 0.5) is 5.82 Å². The maximum Gasteiger partial charge on any atom is 0.148 e. The molecule has 1 aliphatic carbocycles. The summed E-state index contributed by atoms with van der Waals surface area (Å²) in [5, 5.41) is 4.38. The summed E-state index contributed by atoms with van der Waals surface area (Å²) in [6.45, 7) is 0.763. The van der Waals surface area contributed by atoms with E-state index in [0.717, 1.165) is 6.54 Å². The normalized spacial score (nSPS) is 15.8. The second kappa shape index (κ2) is 4.20. The Kier molecular flexibility index (Phi) is 2.55. The Labute approximate surface area is 100 Å². The number of hydrogen-bond donors (Lipinski definition) is 1. The molecule has 2 heterocycles. The Morgan fingerprint density at radius 3 is 2.71 bits per heavy atom. The second-order valence-electron chi connectivity index (χ2n) is 4.65. The molecule has 4 heteroatoms. The molecule has 0 bridgehead atoms. The maximum atomic E-state index is 5.96. The van der Waals surface area contributed by atoms with Crippen LogP contribution in [0.2, 0.25) is 0 Å². The molecular formula is C13H16N4. The van der Waals surface area contributed by atoms with Gasteiger partial charge in [-0.1, -0.05) is 6.42 Å². The van der Waals surface area contributed by atoms with E-state index in [1.54, 1.807) is 12.4 Å². The average molecular weight is 228 g/mol. The van der Waals surface area contributed by atoms with Crippen molar-refractivity contribution in [2.75, 3.05) is 5.73 Å². The summed E-state index contributed by atoms with van der Waals surface area (Å²) in [5.41, 5.74) is 8.39. The summed E-state index contributed by atoms with van der Waals surface area (Å²) in [5.74, 6) is 1.34. The van der Waals surface area contributed by atoms with Gasteiger partial charge in [0.2, 0.25) is 0 Å². The first-order valence-electron chi connectivity index (χ1n) is 6.04. The fourth-order valence-corrected chi connectivity index (χ4v) is 2.24. The topological polar surface area (TPSA) is 56.7 Å². The minimum absolute atomic E-state index is 0.640. The van der Waals surface area contributed by atoms with Crippen LogP contribution in [0.3, 0.4) is 0 Å². The van der Waals surface area contributed by atoms with E-state index in [2.05, 4.69) is 16.3 Å². The first-order chi connectivity index (χ1) is 8.33. The van der Waals surface area contributed by atoms with Crippen LogP contribution in [0, 0.1) is 0 Å². The number of nitrogens with zero attached hydrogens (tertiary/aromatic N) is 3. The zero-order valence-corrected chi connectivity index (χ0v) is 9.71. The van der Waals surface area contributed by atoms with Gasteiger partial charge in [-0.15, -0.1) is 0 Å². The third kappa shape index (κ3) is 2.02. The van der Waals surface area contributed by atoms with Crippen molar-refractivity contribution in [1.29, 1.82) is 0 Å². The Bertz CT molecular complexity index is 499. The third-order valence-electron chi connectivity index (χ3n) is 3.46. The predicted octanol–water partition coefficient (Wildman–Crippen LogP) is 2.18. The summed E-state index contributed by atoms with van der Waals surface area (Å²) in [6, 6.07) is 4.00. The van der Waals surface area contributed by atoms with Crippen LogP contribution in [0.1, 0.15) is 36.3 Å². The highest BCUT2D eigenvalue weighted by molar-refractivity contribution is 5.41. The molecule has 0 aliphatic heterocycles. The Morgan fingerprint density at radius 2 is 2.06 bits per heavy atom. The molecule has 0 unspecified atom stereocenters. The van der Waals surface area contributed by atoms with Crippen molar-refractivity contribution >= 4 is 5.82 Å². The smallest absolute Gasteiger partial charge is 0.148 e. The van der Waals surface area contributed by atoms with Crippen molar-refractivity contribution in [2.24, 2.45) is 0 Å². The summed E-state index contributed by atoms with van der Waals surface area (Å²) >= 11 is 0. The van der Waals surface area contributed by atoms with Crippen LogP contribution < -0.4 is 5.73 Å². The van der Waals surface area contributed by atoms with Crippen LogP contribution in [0.5, 0.6) is 0 Å². The molecule has 1 fully saturated rings. The van der Waals surface area contributed by atoms with E-state index in [-0.39, 0.29) is 0 Å². The van der Waals surface area contributed by atoms with Crippen LogP contribution in [-0.4, -0.2) is 14.8 Å². The van der Waals surface area contributed by atoms with Crippen molar-refractivity contribution in [1.82, 2.24) is 14.8 Å². The van der Waals surface area contributed by atoms with E-state index in [1.807, 2.05) is 16.8 Å². The summed E-state index contributed by atoms with van der Waals surface area (Å²) in [6.07, 6.45) is 9.53. The molecule has 1 saturated carbocycles. The Balaban J connectivity index is 1.80. The minimum Gasteiger partial charge on any atom is -0.382 e. The van der Waals surface area contributed by atoms with E-state index in [1.165, 1.54) is 30.4 Å². The summed E-state index contributed by atoms with van der Waals surface area (Å²) in [7, 11) is 0. The standard InChI is InChI=1S/C13H16N4/c14-13-12(11-2-1-3-11)9-17(16-13)8-10-4-6-15-7-5-10/h4-7,9,11H,1-3,8H2,(H2,14,16). The van der Waals surface area contributed by atoms with Crippen LogP contribution in [-0.2, 0) is 6.54 Å². The van der Waals surface area contributed by atoms with Crippen molar-refractivity contribution in [3.05, 3.63) is 41.9 Å². The van der Waals surface area contributed by atoms with Gasteiger partial charge in [0.25, 0.3) is 0 Å². The van der Waals surface area contributed by atoms with Gasteiger partial charge in [0.1, 0.15) is 5.82 Å². The molecule has 17 heavy (non-hydrogen) atoms. The van der Waals surface area contributed by atoms with E-state index in [4.69, 9.17) is 5.73 Å². The largest absolute Gasteiger partial charge is 0.382 e. The first kappa shape index (κ1) is 10.3. The highest BCUT2D eigenvalue weighted by Gasteiger charge is 2.23. The number of aromatic nitrogens is 3. The van der Waals surface area contributed by atoms with Gasteiger partial charge in [-0.2, -0.15) is 5.10 Å². The molecule has 1 aliphatic rings. The second-order valence-corrected chi connectivity index (χ2v) is 4.65. The third-order valence-corrected chi connectivity index (χ3v) is 3.46. The van der Waals surface area contributed by atoms with Gasteiger partial charge in [0.15, 0.2) is 0 Å². The van der Waals surface area contributed by atoms with Crippen LogP contribution in [0.25, 0.3) is 0 Å². The van der Waals surface area contributed by atoms with Crippen molar-refractivity contribution in [3.63, 3.8) is 0 Å². The zero-order valence-electron chi connectivity index (χ0n) is 9.71. The lowest BCUT2D eigenvalue weighted by atomic mass is 9.81. The molecule has 0 spiro atoms. The Morgan fingerprint density at radius 1 is 1.29 bits per heavy atom. The van der Waals surface area contributed by atoms with Gasteiger partial charge >= 0.3 is 0 Å². The lowest BCUT2D eigenvalue weighted by molar-refractivity contribution is 0.420. The molecule has 0 saturated heterocycles. The van der Waals surface area contributed by atoms with Gasteiger partial charge in [-0.25, -0.2) is 0 Å². The lowest BCUT2D eigenvalue weighted by Crippen LogP contribution is -2.09. The predicted molar refractivity (Wildman–Crippen MR) is 66.6 cm³/mol. The average Bonchev–Trinajstić information content (AvgIpc) is 2.59. The van der Waals surface area contributed by atoms with E-state index >= 15 is 0 Å². The molecule has 0 radical (unpaired) electrons. The SMILES string of the molecule is Nc1nn(Cc2ccncc2)cc1C1CCC1. The van der Waals surface area contributed by atoms with Crippen molar-refractivity contribution in [3.8, 4) is 0 Å². The minimum atomic E-state index is 0.640. The molecule has 0 aromatic carbocycles. The zero-order chi connectivity index (χ0) is 11.7. The lowest BCUT2D eigenvalue weighted by Gasteiger charge is -2.24. The number of rotatable bonds is 3. The van der Waals surface area contributed by atoms with E-state index in [0.29, 0.717) is 11.7 Å². The molecule has 0 atom stereocenters. The van der Waals surface area contributed by atoms with E-state index < -0.39 is 0 Å². The highest BCUT2D eigenvalue weighted by atomic mass is 15.3. The monoisotopic (exact) mass is 228 g/mol. The van der Waals surface area contributed by atoms with Gasteiger partial charge in [-0.05, 0) is 36.5 Å². The molecule has 2 N–H and O–H groups in total. The molecule has 2 aromatic rings. The van der Waals surface area contributed by atoms with Crippen LogP contribution in [0.15, 0.2) is 30.7 Å². The highest BCUT2D eigenvalue weighted by Crippen LogP contribution is 2.38. The molecule has 2 aromatic heterocycles. The fraction of sp³-hybridized carbons (Fsp3) is 0.385. The van der Waals surface area contributed by atoms with Crippen molar-refractivity contribution < 1.29 is 0 Å². The first-order valence-corrected chi connectivity index (χ1v) is 6.04. The molecule has 88 valence electrons. The molecule has 0 amide bonds. The molecular weight excluding hydrogens is 212 g/mol. The van der Waals surface area contributed by atoms with Gasteiger partial charge in [-0.3, -0.25) is 9.67 Å². The van der Waals surface area contributed by atoms with Gasteiger partial charge < -0.3 is 5.73 Å². The number of hydrogen-bond acceptors (Lipinski definition) is 3. The maximum absolute atomic E-state index is 5.96. The van der Waals surface area contributed by atoms with Gasteiger partial charge in [0, 0.05) is 24.2 Å². The molecule has 3 rings (SSSR count). The van der Waals surface area contributed by atoms with Crippen LogP contribution >= 0.6 is 0 Å². The number of nitrogens with two attached hydrogens (primary N) is 1. The summed E-state index contributed by atoms with van der Waals surface area (Å²) in [4.78, 5) is 4.01. The van der Waals surface area contributed by atoms with Gasteiger partial charge in [0.05, 0.1) is 6.54 Å². The quantitative estimate of drug-likeness (QED) is 0.876. The molecule has 4 nitrogen and oxygen atoms in total. The van der Waals surface area contributed by atoms with Crippen molar-refractivity contribution in [2.45, 2.75) is 31.7 Å².